The Kier molecular flexibility index (Phi) is 74.7. The third-order valence-corrected chi connectivity index (χ3v) is 16.3. The van der Waals surface area contributed by atoms with Crippen molar-refractivity contribution in [2.75, 3.05) is 26.4 Å². The Bertz CT molecular complexity index is 2400. The van der Waals surface area contributed by atoms with Crippen LogP contribution >= 0.6 is 7.82 Å². The highest BCUT2D eigenvalue weighted by Crippen LogP contribution is 2.43. The average Bonchev–Trinajstić information content (AvgIpc) is 2.88. The fourth-order valence-corrected chi connectivity index (χ4v) is 10.6. The van der Waals surface area contributed by atoms with Crippen LogP contribution in [0.5, 0.6) is 0 Å². The molecular formula is C87H138NO8P. The molecule has 97 heavy (non-hydrogen) atoms. The lowest BCUT2D eigenvalue weighted by Gasteiger charge is -2.19. The maximum absolute atomic E-state index is 12.8. The molecule has 0 aliphatic carbocycles. The smallest absolute Gasteiger partial charge is 0.462 e. The van der Waals surface area contributed by atoms with Crippen molar-refractivity contribution in [3.8, 4) is 0 Å². The van der Waals surface area contributed by atoms with E-state index in [-0.39, 0.29) is 32.6 Å². The average molecular weight is 1360 g/mol. The van der Waals surface area contributed by atoms with Gasteiger partial charge in [0.25, 0.3) is 0 Å². The lowest BCUT2D eigenvalue weighted by atomic mass is 10.0. The molecule has 0 bridgehead atoms. The summed E-state index contributed by atoms with van der Waals surface area (Å²) in [6.07, 6.45) is 123. The quantitative estimate of drug-likeness (QED) is 0.0264. The fraction of sp³-hybridized carbons (Fsp3) is 0.563. The standard InChI is InChI=1S/C87H138NO8P/c1-3-5-7-9-11-13-15-17-19-21-23-25-27-29-31-33-35-37-39-41-42-44-46-48-50-52-54-56-58-60-62-64-66-68-70-72-74-76-78-80-87(90)96-85(84-95-97(91,92)94-82-81-88)83-93-86(89)79-77-75-73-71-69-67-65-63-61-59-57-55-53-51-49-47-45-43-40-38-36-34-32-30-28-26-24-22-20-18-16-14-12-10-8-6-4-2/h5-8,11-14,17-20,23-26,29-32,35-38,41-42,46,48,52,54,58,60,64,66,70,72,85H,3-4,9-10,15-16,21-22,27-28,33-34,39-40,43-45,47,49-51,53,55-57,59,61-63,65,67-69,71,73-84,88H2,1-2H3,(H,91,92)/b7-5-,8-6-,13-11-,14-12-,19-17-,20-18-,25-23-,26-24-,31-29-,32-30-,37-35-,38-36-,42-41-,48-46-,54-52-,60-58-,66-64-,72-70-. The number of ether oxygens (including phenoxy) is 2. The van der Waals surface area contributed by atoms with Crippen molar-refractivity contribution >= 4 is 19.8 Å². The first-order valence-electron chi connectivity index (χ1n) is 38.2. The van der Waals surface area contributed by atoms with E-state index in [1.165, 1.54) is 103 Å². The number of carbonyl (C=O) groups excluding carboxylic acids is 2. The maximum atomic E-state index is 12.8. The number of unbranched alkanes of at least 4 members (excludes halogenated alkanes) is 20. The number of phosphoric acid groups is 1. The third kappa shape index (κ3) is 79.2. The van der Waals surface area contributed by atoms with E-state index in [9.17, 15) is 19.0 Å². The lowest BCUT2D eigenvalue weighted by molar-refractivity contribution is -0.161. The molecule has 0 aliphatic rings. The molecule has 2 atom stereocenters. The van der Waals surface area contributed by atoms with E-state index in [2.05, 4.69) is 233 Å². The summed E-state index contributed by atoms with van der Waals surface area (Å²) >= 11 is 0. The van der Waals surface area contributed by atoms with Crippen LogP contribution < -0.4 is 5.73 Å². The molecule has 0 amide bonds. The van der Waals surface area contributed by atoms with Crippen molar-refractivity contribution < 1.29 is 37.6 Å². The number of rotatable bonds is 69. The first kappa shape index (κ1) is 91.3. The minimum absolute atomic E-state index is 0.0361. The summed E-state index contributed by atoms with van der Waals surface area (Å²) in [6.45, 7) is 3.46. The van der Waals surface area contributed by atoms with Gasteiger partial charge in [0.1, 0.15) is 6.61 Å². The lowest BCUT2D eigenvalue weighted by Crippen LogP contribution is -2.29. The molecule has 0 saturated carbocycles. The maximum Gasteiger partial charge on any atom is 0.472 e. The van der Waals surface area contributed by atoms with Crippen molar-refractivity contribution in [2.24, 2.45) is 5.73 Å². The Labute approximate surface area is 594 Å². The molecule has 544 valence electrons. The van der Waals surface area contributed by atoms with Crippen molar-refractivity contribution in [1.82, 2.24) is 0 Å². The van der Waals surface area contributed by atoms with Gasteiger partial charge >= 0.3 is 19.8 Å². The van der Waals surface area contributed by atoms with Gasteiger partial charge in [-0.1, -0.05) is 335 Å². The van der Waals surface area contributed by atoms with Crippen molar-refractivity contribution in [3.63, 3.8) is 0 Å². The van der Waals surface area contributed by atoms with Gasteiger partial charge in [-0.2, -0.15) is 0 Å². The number of nitrogens with two attached hydrogens (primary N) is 1. The van der Waals surface area contributed by atoms with Crippen molar-refractivity contribution in [3.05, 3.63) is 219 Å². The van der Waals surface area contributed by atoms with E-state index in [1.54, 1.807) is 0 Å². The summed E-state index contributed by atoms with van der Waals surface area (Å²) in [5, 5.41) is 0. The molecule has 0 aromatic rings. The number of esters is 2. The summed E-state index contributed by atoms with van der Waals surface area (Å²) in [6, 6.07) is 0. The topological polar surface area (TPSA) is 134 Å². The van der Waals surface area contributed by atoms with Crippen LogP contribution in [-0.2, 0) is 32.7 Å². The molecule has 0 spiro atoms. The molecule has 0 aliphatic heterocycles. The second-order valence-electron chi connectivity index (χ2n) is 24.4. The fourth-order valence-electron chi connectivity index (χ4n) is 9.80. The van der Waals surface area contributed by atoms with Crippen LogP contribution in [-0.4, -0.2) is 49.3 Å². The Morgan fingerprint density at radius 2 is 0.536 bits per heavy atom. The second kappa shape index (κ2) is 79.3. The van der Waals surface area contributed by atoms with E-state index >= 15 is 0 Å². The summed E-state index contributed by atoms with van der Waals surface area (Å²) < 4.78 is 33.2. The first-order valence-corrected chi connectivity index (χ1v) is 39.7. The molecule has 0 fully saturated rings. The minimum atomic E-state index is -4.42. The van der Waals surface area contributed by atoms with Gasteiger partial charge in [-0.3, -0.25) is 18.6 Å². The van der Waals surface area contributed by atoms with Crippen LogP contribution in [0.3, 0.4) is 0 Å². The molecule has 9 nitrogen and oxygen atoms in total. The van der Waals surface area contributed by atoms with Crippen LogP contribution in [0.25, 0.3) is 0 Å². The molecule has 0 rings (SSSR count). The summed E-state index contributed by atoms with van der Waals surface area (Å²) in [5.41, 5.74) is 5.40. The number of allylic oxidation sites excluding steroid dienone is 36. The Balaban J connectivity index is 4.00. The Morgan fingerprint density at radius 1 is 0.309 bits per heavy atom. The highest BCUT2D eigenvalue weighted by atomic mass is 31.2. The van der Waals surface area contributed by atoms with Crippen molar-refractivity contribution in [1.29, 1.82) is 0 Å². The number of phosphoric ester groups is 1. The van der Waals surface area contributed by atoms with Gasteiger partial charge in [-0.25, -0.2) is 4.57 Å². The highest BCUT2D eigenvalue weighted by Gasteiger charge is 2.26. The number of hydrogen-bond donors (Lipinski definition) is 2. The van der Waals surface area contributed by atoms with Crippen molar-refractivity contribution in [2.45, 2.75) is 290 Å². The highest BCUT2D eigenvalue weighted by molar-refractivity contribution is 7.47. The van der Waals surface area contributed by atoms with Crippen LogP contribution in [0.4, 0.5) is 0 Å². The largest absolute Gasteiger partial charge is 0.472 e. The Hall–Kier alpha value is -5.67. The normalized spacial score (nSPS) is 14.1. The summed E-state index contributed by atoms with van der Waals surface area (Å²) in [5.74, 6) is -0.888. The number of carbonyl (C=O) groups is 2. The van der Waals surface area contributed by atoms with E-state index in [4.69, 9.17) is 24.3 Å². The van der Waals surface area contributed by atoms with Gasteiger partial charge in [0.15, 0.2) is 6.10 Å². The molecule has 0 heterocycles. The van der Waals surface area contributed by atoms with Gasteiger partial charge < -0.3 is 20.1 Å². The molecule has 0 aromatic heterocycles. The minimum Gasteiger partial charge on any atom is -0.462 e. The van der Waals surface area contributed by atoms with Gasteiger partial charge in [-0.15, -0.1) is 0 Å². The summed E-state index contributed by atoms with van der Waals surface area (Å²) in [4.78, 5) is 35.4. The predicted octanol–water partition coefficient (Wildman–Crippen LogP) is 26.0. The van der Waals surface area contributed by atoms with E-state index in [0.29, 0.717) is 6.42 Å². The van der Waals surface area contributed by atoms with Crippen LogP contribution in [0, 0.1) is 0 Å². The first-order chi connectivity index (χ1) is 47.8. The second-order valence-corrected chi connectivity index (χ2v) is 25.9. The van der Waals surface area contributed by atoms with Gasteiger partial charge in [0.2, 0.25) is 0 Å². The van der Waals surface area contributed by atoms with Gasteiger partial charge in [-0.05, 0) is 154 Å². The van der Waals surface area contributed by atoms with Gasteiger partial charge in [0.05, 0.1) is 13.2 Å². The zero-order valence-electron chi connectivity index (χ0n) is 61.2. The zero-order valence-corrected chi connectivity index (χ0v) is 62.1. The molecule has 2 unspecified atom stereocenters. The van der Waals surface area contributed by atoms with Crippen LogP contribution in [0.1, 0.15) is 284 Å². The molecule has 3 N–H and O–H groups in total. The molecule has 0 saturated heterocycles. The van der Waals surface area contributed by atoms with E-state index < -0.39 is 32.5 Å². The Morgan fingerprint density at radius 3 is 0.814 bits per heavy atom. The van der Waals surface area contributed by atoms with E-state index in [1.807, 2.05) is 0 Å². The van der Waals surface area contributed by atoms with Crippen LogP contribution in [0.2, 0.25) is 0 Å². The SMILES string of the molecule is CC/C=C\C/C=C\C/C=C\C/C=C\C/C=C\C/C=C\C/C=C\C/C=C\C/C=C\C/C=C\C/C=C\C/C=C\CCCCC(=O)OC(COC(=O)CCCCCCCCCCCCCCCCCCCC/C=C\C/C=C\C/C=C\C/C=C\C/C=C\C/C=C\CC)COP(=O)(O)OCCN. The predicted molar refractivity (Wildman–Crippen MR) is 421 cm³/mol. The molecule has 0 radical (unpaired) electrons. The molecule has 10 heteroatoms. The zero-order chi connectivity index (χ0) is 70.0. The third-order valence-electron chi connectivity index (χ3n) is 15.4. The molecular weight excluding hydrogens is 1220 g/mol. The van der Waals surface area contributed by atoms with Gasteiger partial charge in [0, 0.05) is 19.4 Å². The van der Waals surface area contributed by atoms with Crippen LogP contribution in [0.15, 0.2) is 219 Å². The monoisotopic (exact) mass is 1360 g/mol. The number of hydrogen-bond acceptors (Lipinski definition) is 8. The summed E-state index contributed by atoms with van der Waals surface area (Å²) in [7, 11) is -4.42. The van der Waals surface area contributed by atoms with E-state index in [0.717, 1.165) is 148 Å². The molecule has 0 aromatic carbocycles.